The number of nitrogens with zero attached hydrogens (tertiary/aromatic N) is 1. The first-order chi connectivity index (χ1) is 7.07. The fourth-order valence-electron chi connectivity index (χ4n) is 1.12. The van der Waals surface area contributed by atoms with Gasteiger partial charge in [0.05, 0.1) is 0 Å². The Labute approximate surface area is 91.4 Å². The lowest BCUT2D eigenvalue weighted by atomic mass is 10.1. The molecule has 0 unspecified atom stereocenters. The summed E-state index contributed by atoms with van der Waals surface area (Å²) in [5.41, 5.74) is -0.537. The van der Waals surface area contributed by atoms with Gasteiger partial charge in [-0.05, 0) is 12.1 Å². The van der Waals surface area contributed by atoms with Crippen LogP contribution in [-0.4, -0.2) is 30.3 Å². The molecule has 0 aliphatic rings. The van der Waals surface area contributed by atoms with Crippen molar-refractivity contribution in [3.05, 3.63) is 35.4 Å². The van der Waals surface area contributed by atoms with Gasteiger partial charge >= 0.3 is 0 Å². The minimum atomic E-state index is -0.860. The molecule has 1 amide bonds. The van der Waals surface area contributed by atoms with E-state index < -0.39 is 23.1 Å². The third kappa shape index (κ3) is 2.65. The Hall–Kier alpha value is -1.16. The van der Waals surface area contributed by atoms with Gasteiger partial charge in [-0.3, -0.25) is 4.79 Å². The van der Waals surface area contributed by atoms with Crippen LogP contribution in [0, 0.1) is 11.6 Å². The smallest absolute Gasteiger partial charge is 0.259 e. The van der Waals surface area contributed by atoms with Gasteiger partial charge in [0.2, 0.25) is 0 Å². The highest BCUT2D eigenvalue weighted by Gasteiger charge is 2.19. The zero-order valence-corrected chi connectivity index (χ0v) is 8.89. The molecule has 0 radical (unpaired) electrons. The van der Waals surface area contributed by atoms with Crippen molar-refractivity contribution in [1.29, 1.82) is 0 Å². The molecular formula is C10H10ClF2NO. The van der Waals surface area contributed by atoms with Crippen molar-refractivity contribution in [1.82, 2.24) is 4.90 Å². The predicted molar refractivity (Wildman–Crippen MR) is 54.0 cm³/mol. The second kappa shape index (κ2) is 5.07. The quantitative estimate of drug-likeness (QED) is 0.734. The molecule has 0 aliphatic heterocycles. The molecule has 1 aromatic carbocycles. The molecule has 0 spiro atoms. The average Bonchev–Trinajstić information content (AvgIpc) is 2.17. The lowest BCUT2D eigenvalue weighted by Gasteiger charge is -2.16. The summed E-state index contributed by atoms with van der Waals surface area (Å²) in [5, 5.41) is 0. The molecule has 15 heavy (non-hydrogen) atoms. The van der Waals surface area contributed by atoms with Gasteiger partial charge < -0.3 is 4.90 Å². The van der Waals surface area contributed by atoms with Crippen LogP contribution in [0.25, 0.3) is 0 Å². The standard InChI is InChI=1S/C10H10ClF2NO/c1-14(6-5-11)10(15)9-7(12)3-2-4-8(9)13/h2-4H,5-6H2,1H3. The number of rotatable bonds is 3. The van der Waals surface area contributed by atoms with Gasteiger partial charge in [-0.1, -0.05) is 6.07 Å². The molecule has 5 heteroatoms. The van der Waals surface area contributed by atoms with Crippen LogP contribution in [0.2, 0.25) is 0 Å². The number of carbonyl (C=O) groups excluding carboxylic acids is 1. The van der Waals surface area contributed by atoms with Gasteiger partial charge in [0.25, 0.3) is 5.91 Å². The Morgan fingerprint density at radius 2 is 1.93 bits per heavy atom. The zero-order chi connectivity index (χ0) is 11.4. The monoisotopic (exact) mass is 233 g/mol. The topological polar surface area (TPSA) is 20.3 Å². The van der Waals surface area contributed by atoms with Gasteiger partial charge in [-0.2, -0.15) is 0 Å². The SMILES string of the molecule is CN(CCCl)C(=O)c1c(F)cccc1F. The van der Waals surface area contributed by atoms with Crippen molar-refractivity contribution in [3.63, 3.8) is 0 Å². The van der Waals surface area contributed by atoms with Crippen LogP contribution in [0.4, 0.5) is 8.78 Å². The first-order valence-electron chi connectivity index (χ1n) is 4.33. The molecular weight excluding hydrogens is 224 g/mol. The van der Waals surface area contributed by atoms with Crippen LogP contribution in [0.15, 0.2) is 18.2 Å². The van der Waals surface area contributed by atoms with E-state index in [-0.39, 0.29) is 12.4 Å². The Kier molecular flexibility index (Phi) is 4.03. The van der Waals surface area contributed by atoms with E-state index in [2.05, 4.69) is 0 Å². The van der Waals surface area contributed by atoms with Crippen LogP contribution < -0.4 is 0 Å². The molecule has 0 heterocycles. The second-order valence-electron chi connectivity index (χ2n) is 3.01. The maximum atomic E-state index is 13.2. The maximum Gasteiger partial charge on any atom is 0.259 e. The summed E-state index contributed by atoms with van der Waals surface area (Å²) in [7, 11) is 1.44. The highest BCUT2D eigenvalue weighted by Crippen LogP contribution is 2.13. The molecule has 0 saturated carbocycles. The predicted octanol–water partition coefficient (Wildman–Crippen LogP) is 2.28. The summed E-state index contributed by atoms with van der Waals surface area (Å²) in [6.07, 6.45) is 0. The van der Waals surface area contributed by atoms with Gasteiger partial charge in [0.1, 0.15) is 17.2 Å². The molecule has 0 bridgehead atoms. The first-order valence-corrected chi connectivity index (χ1v) is 4.86. The minimum absolute atomic E-state index is 0.221. The lowest BCUT2D eigenvalue weighted by molar-refractivity contribution is 0.0793. The van der Waals surface area contributed by atoms with Crippen LogP contribution in [0.1, 0.15) is 10.4 Å². The Morgan fingerprint density at radius 1 is 1.40 bits per heavy atom. The van der Waals surface area contributed by atoms with E-state index in [9.17, 15) is 13.6 Å². The highest BCUT2D eigenvalue weighted by atomic mass is 35.5. The van der Waals surface area contributed by atoms with Gasteiger partial charge in [-0.15, -0.1) is 11.6 Å². The summed E-state index contributed by atoms with van der Waals surface area (Å²) in [6, 6.07) is 3.30. The number of amides is 1. The molecule has 0 fully saturated rings. The largest absolute Gasteiger partial charge is 0.340 e. The Morgan fingerprint density at radius 3 is 2.40 bits per heavy atom. The fourth-order valence-corrected chi connectivity index (χ4v) is 1.37. The van der Waals surface area contributed by atoms with Crippen molar-refractivity contribution < 1.29 is 13.6 Å². The van der Waals surface area contributed by atoms with E-state index in [1.165, 1.54) is 18.0 Å². The van der Waals surface area contributed by atoms with Crippen LogP contribution in [-0.2, 0) is 0 Å². The van der Waals surface area contributed by atoms with E-state index in [0.29, 0.717) is 0 Å². The number of alkyl halides is 1. The summed E-state index contributed by atoms with van der Waals surface area (Å²) < 4.78 is 26.4. The van der Waals surface area contributed by atoms with Crippen molar-refractivity contribution in [2.75, 3.05) is 19.5 Å². The molecule has 1 aromatic rings. The van der Waals surface area contributed by atoms with Crippen LogP contribution >= 0.6 is 11.6 Å². The molecule has 0 aliphatic carbocycles. The number of carbonyl (C=O) groups is 1. The van der Waals surface area contributed by atoms with Crippen LogP contribution in [0.5, 0.6) is 0 Å². The van der Waals surface area contributed by atoms with E-state index in [1.54, 1.807) is 0 Å². The first kappa shape index (κ1) is 11.9. The average molecular weight is 234 g/mol. The lowest BCUT2D eigenvalue weighted by Crippen LogP contribution is -2.30. The summed E-state index contributed by atoms with van der Waals surface area (Å²) in [6.45, 7) is 0.244. The molecule has 0 saturated heterocycles. The number of benzene rings is 1. The van der Waals surface area contributed by atoms with Crippen molar-refractivity contribution in [3.8, 4) is 0 Å². The third-order valence-electron chi connectivity index (χ3n) is 1.94. The van der Waals surface area contributed by atoms with E-state index in [4.69, 9.17) is 11.6 Å². The Balaban J connectivity index is 3.00. The maximum absolute atomic E-state index is 13.2. The molecule has 2 nitrogen and oxygen atoms in total. The van der Waals surface area contributed by atoms with E-state index >= 15 is 0 Å². The number of hydrogen-bond donors (Lipinski definition) is 0. The molecule has 1 rings (SSSR count). The zero-order valence-electron chi connectivity index (χ0n) is 8.14. The normalized spacial score (nSPS) is 10.1. The van der Waals surface area contributed by atoms with Crippen molar-refractivity contribution in [2.45, 2.75) is 0 Å². The molecule has 0 atom stereocenters. The van der Waals surface area contributed by atoms with E-state index in [1.807, 2.05) is 0 Å². The summed E-state index contributed by atoms with van der Waals surface area (Å²) in [4.78, 5) is 12.7. The van der Waals surface area contributed by atoms with Crippen LogP contribution in [0.3, 0.4) is 0 Å². The minimum Gasteiger partial charge on any atom is -0.340 e. The summed E-state index contributed by atoms with van der Waals surface area (Å²) in [5.74, 6) is -2.20. The fraction of sp³-hybridized carbons (Fsp3) is 0.300. The third-order valence-corrected chi connectivity index (χ3v) is 2.11. The van der Waals surface area contributed by atoms with Gasteiger partial charge in [0, 0.05) is 19.5 Å². The van der Waals surface area contributed by atoms with Gasteiger partial charge in [0.15, 0.2) is 0 Å². The van der Waals surface area contributed by atoms with E-state index in [0.717, 1.165) is 12.1 Å². The Bertz CT molecular complexity index is 350. The number of hydrogen-bond acceptors (Lipinski definition) is 1. The number of halogens is 3. The summed E-state index contributed by atoms with van der Waals surface area (Å²) >= 11 is 5.43. The molecule has 82 valence electrons. The van der Waals surface area contributed by atoms with Gasteiger partial charge in [-0.25, -0.2) is 8.78 Å². The second-order valence-corrected chi connectivity index (χ2v) is 3.39. The van der Waals surface area contributed by atoms with Crippen molar-refractivity contribution >= 4 is 17.5 Å². The molecule has 0 aromatic heterocycles. The highest BCUT2D eigenvalue weighted by molar-refractivity contribution is 6.18. The molecule has 0 N–H and O–H groups in total. The van der Waals surface area contributed by atoms with Crippen molar-refractivity contribution in [2.24, 2.45) is 0 Å².